The lowest BCUT2D eigenvalue weighted by Crippen LogP contribution is -2.25. The largest absolute Gasteiger partial charge is 0.497 e. The second-order valence-electron chi connectivity index (χ2n) is 5.69. The van der Waals surface area contributed by atoms with Gasteiger partial charge in [-0.05, 0) is 44.0 Å². The number of ether oxygens (including phenoxy) is 1. The predicted molar refractivity (Wildman–Crippen MR) is 91.5 cm³/mol. The predicted octanol–water partition coefficient (Wildman–Crippen LogP) is 2.33. The summed E-state index contributed by atoms with van der Waals surface area (Å²) in [6.07, 6.45) is 2.32. The molecule has 0 radical (unpaired) electrons. The topological polar surface area (TPSA) is 68.5 Å². The molecule has 0 unspecified atom stereocenters. The summed E-state index contributed by atoms with van der Waals surface area (Å²) in [6, 6.07) is 9.75. The van der Waals surface area contributed by atoms with Crippen LogP contribution in [0.3, 0.4) is 0 Å². The molecule has 0 saturated heterocycles. The fourth-order valence-corrected chi connectivity index (χ4v) is 2.64. The summed E-state index contributed by atoms with van der Waals surface area (Å²) in [5.41, 5.74) is 4.05. The highest BCUT2D eigenvalue weighted by molar-refractivity contribution is 5.99. The lowest BCUT2D eigenvalue weighted by atomic mass is 10.1. The van der Waals surface area contributed by atoms with Gasteiger partial charge < -0.3 is 10.1 Å². The number of amides is 1. The highest BCUT2D eigenvalue weighted by Crippen LogP contribution is 2.13. The number of fused-ring (bicyclic) bond motifs is 1. The molecule has 24 heavy (non-hydrogen) atoms. The number of nitrogens with one attached hydrogen (secondary N) is 1. The molecule has 1 amide bonds. The Labute approximate surface area is 140 Å². The maximum absolute atomic E-state index is 12.4. The molecule has 0 bridgehead atoms. The lowest BCUT2D eigenvalue weighted by Gasteiger charge is -2.06. The van der Waals surface area contributed by atoms with Crippen LogP contribution in [0.15, 0.2) is 36.5 Å². The molecule has 6 heteroatoms. The Bertz CT molecular complexity index is 869. The molecular weight excluding hydrogens is 304 g/mol. The van der Waals surface area contributed by atoms with E-state index in [1.165, 1.54) is 0 Å². The molecule has 0 fully saturated rings. The highest BCUT2D eigenvalue weighted by Gasteiger charge is 2.15. The quantitative estimate of drug-likeness (QED) is 0.782. The highest BCUT2D eigenvalue weighted by atomic mass is 16.5. The van der Waals surface area contributed by atoms with Crippen molar-refractivity contribution in [1.82, 2.24) is 19.9 Å². The van der Waals surface area contributed by atoms with Gasteiger partial charge in [0.1, 0.15) is 11.3 Å². The van der Waals surface area contributed by atoms with Crippen LogP contribution in [0.4, 0.5) is 0 Å². The third kappa shape index (κ3) is 3.22. The molecule has 1 N–H and O–H groups in total. The second-order valence-corrected chi connectivity index (χ2v) is 5.69. The maximum atomic E-state index is 12.4. The lowest BCUT2D eigenvalue weighted by molar-refractivity contribution is 0.0955. The molecule has 2 aromatic heterocycles. The van der Waals surface area contributed by atoms with Crippen LogP contribution in [0.25, 0.3) is 5.65 Å². The Kier molecular flexibility index (Phi) is 4.46. The summed E-state index contributed by atoms with van der Waals surface area (Å²) in [7, 11) is 1.64. The van der Waals surface area contributed by atoms with E-state index in [0.29, 0.717) is 17.8 Å². The number of nitrogens with zero attached hydrogens (tertiary/aromatic N) is 3. The van der Waals surface area contributed by atoms with Crippen molar-refractivity contribution in [1.29, 1.82) is 0 Å². The summed E-state index contributed by atoms with van der Waals surface area (Å²) in [4.78, 5) is 16.8. The van der Waals surface area contributed by atoms with Crippen molar-refractivity contribution in [2.45, 2.75) is 20.3 Å². The number of carbonyl (C=O) groups excluding carboxylic acids is 1. The van der Waals surface area contributed by atoms with Crippen LogP contribution >= 0.6 is 0 Å². The van der Waals surface area contributed by atoms with Crippen LogP contribution < -0.4 is 10.1 Å². The number of hydrogen-bond donors (Lipinski definition) is 1. The van der Waals surface area contributed by atoms with Gasteiger partial charge in [-0.15, -0.1) is 0 Å². The summed E-state index contributed by atoms with van der Waals surface area (Å²) in [5, 5.41) is 7.17. The van der Waals surface area contributed by atoms with E-state index in [-0.39, 0.29) is 5.91 Å². The van der Waals surface area contributed by atoms with E-state index in [2.05, 4.69) is 15.4 Å². The van der Waals surface area contributed by atoms with Crippen LogP contribution in [-0.2, 0) is 6.42 Å². The maximum Gasteiger partial charge on any atom is 0.256 e. The standard InChI is InChI=1S/C18H20N4O2/c1-12-10-13(2)22-17(21-12)16(11-20-22)18(23)19-9-8-14-4-6-15(24-3)7-5-14/h4-7,10-11H,8-9H2,1-3H3,(H,19,23). The van der Waals surface area contributed by atoms with Gasteiger partial charge in [-0.2, -0.15) is 5.10 Å². The molecule has 3 rings (SSSR count). The van der Waals surface area contributed by atoms with Crippen molar-refractivity contribution in [2.24, 2.45) is 0 Å². The van der Waals surface area contributed by atoms with Crippen molar-refractivity contribution >= 4 is 11.6 Å². The van der Waals surface area contributed by atoms with Crippen LogP contribution in [-0.4, -0.2) is 34.2 Å². The first-order valence-corrected chi connectivity index (χ1v) is 7.81. The summed E-state index contributed by atoms with van der Waals surface area (Å²) >= 11 is 0. The first-order valence-electron chi connectivity index (χ1n) is 7.81. The van der Waals surface area contributed by atoms with Crippen molar-refractivity contribution in [3.05, 3.63) is 59.0 Å². The average Bonchev–Trinajstić information content (AvgIpc) is 2.99. The molecule has 0 aliphatic carbocycles. The van der Waals surface area contributed by atoms with E-state index in [4.69, 9.17) is 4.74 Å². The normalized spacial score (nSPS) is 10.8. The van der Waals surface area contributed by atoms with Crippen molar-refractivity contribution < 1.29 is 9.53 Å². The number of aromatic nitrogens is 3. The molecule has 0 spiro atoms. The summed E-state index contributed by atoms with van der Waals surface area (Å²) in [6.45, 7) is 4.40. The Hall–Kier alpha value is -2.89. The van der Waals surface area contributed by atoms with Crippen molar-refractivity contribution in [2.75, 3.05) is 13.7 Å². The fraction of sp³-hybridized carbons (Fsp3) is 0.278. The zero-order valence-electron chi connectivity index (χ0n) is 14.0. The second kappa shape index (κ2) is 6.70. The third-order valence-electron chi connectivity index (χ3n) is 3.88. The zero-order valence-corrected chi connectivity index (χ0v) is 14.0. The van der Waals surface area contributed by atoms with Gasteiger partial charge in [0.2, 0.25) is 0 Å². The molecule has 0 aliphatic rings. The van der Waals surface area contributed by atoms with Gasteiger partial charge in [-0.3, -0.25) is 4.79 Å². The third-order valence-corrected chi connectivity index (χ3v) is 3.88. The summed E-state index contributed by atoms with van der Waals surface area (Å²) < 4.78 is 6.82. The minimum atomic E-state index is -0.156. The van der Waals surface area contributed by atoms with Crippen LogP contribution in [0, 0.1) is 13.8 Å². The van der Waals surface area contributed by atoms with E-state index >= 15 is 0 Å². The fourth-order valence-electron chi connectivity index (χ4n) is 2.64. The smallest absolute Gasteiger partial charge is 0.256 e. The van der Waals surface area contributed by atoms with Gasteiger partial charge >= 0.3 is 0 Å². The summed E-state index contributed by atoms with van der Waals surface area (Å²) in [5.74, 6) is 0.668. The number of benzene rings is 1. The van der Waals surface area contributed by atoms with E-state index in [1.54, 1.807) is 17.8 Å². The van der Waals surface area contributed by atoms with Crippen LogP contribution in [0.1, 0.15) is 27.3 Å². The number of hydrogen-bond acceptors (Lipinski definition) is 4. The Morgan fingerprint density at radius 3 is 2.71 bits per heavy atom. The Morgan fingerprint density at radius 1 is 1.25 bits per heavy atom. The number of aryl methyl sites for hydroxylation is 2. The van der Waals surface area contributed by atoms with E-state index in [9.17, 15) is 4.79 Å². The average molecular weight is 324 g/mol. The molecule has 0 atom stereocenters. The minimum absolute atomic E-state index is 0.156. The molecule has 2 heterocycles. The van der Waals surface area contributed by atoms with Crippen molar-refractivity contribution in [3.63, 3.8) is 0 Å². The molecule has 1 aromatic carbocycles. The zero-order chi connectivity index (χ0) is 17.1. The van der Waals surface area contributed by atoms with Gasteiger partial charge in [-0.1, -0.05) is 12.1 Å². The molecule has 0 aliphatic heterocycles. The molecule has 0 saturated carbocycles. The monoisotopic (exact) mass is 324 g/mol. The van der Waals surface area contributed by atoms with Gasteiger partial charge in [0.15, 0.2) is 5.65 Å². The molecule has 6 nitrogen and oxygen atoms in total. The van der Waals surface area contributed by atoms with E-state index in [0.717, 1.165) is 29.1 Å². The Morgan fingerprint density at radius 2 is 2.00 bits per heavy atom. The minimum Gasteiger partial charge on any atom is -0.497 e. The first kappa shape index (κ1) is 16.0. The van der Waals surface area contributed by atoms with Crippen molar-refractivity contribution in [3.8, 4) is 5.75 Å². The van der Waals surface area contributed by atoms with Crippen LogP contribution in [0.5, 0.6) is 5.75 Å². The number of methoxy groups -OCH3 is 1. The van der Waals surface area contributed by atoms with E-state index in [1.807, 2.05) is 44.2 Å². The van der Waals surface area contributed by atoms with Gasteiger partial charge in [0.25, 0.3) is 5.91 Å². The molecule has 3 aromatic rings. The van der Waals surface area contributed by atoms with E-state index < -0.39 is 0 Å². The number of carbonyl (C=O) groups is 1. The SMILES string of the molecule is COc1ccc(CCNC(=O)c2cnn3c(C)cc(C)nc23)cc1. The van der Waals surface area contributed by atoms with Crippen LogP contribution in [0.2, 0.25) is 0 Å². The number of rotatable bonds is 5. The van der Waals surface area contributed by atoms with Gasteiger partial charge in [0.05, 0.1) is 13.3 Å². The first-order chi connectivity index (χ1) is 11.6. The Balaban J connectivity index is 1.67. The molecular formula is C18H20N4O2. The van der Waals surface area contributed by atoms with Gasteiger partial charge in [-0.25, -0.2) is 9.50 Å². The molecule has 124 valence electrons. The van der Waals surface area contributed by atoms with Gasteiger partial charge in [0, 0.05) is 17.9 Å².